The Morgan fingerprint density at radius 1 is 1.39 bits per heavy atom. The number of hydrogen-bond acceptors (Lipinski definition) is 5. The minimum Gasteiger partial charge on any atom is -0.382 e. The van der Waals surface area contributed by atoms with Crippen LogP contribution in [-0.4, -0.2) is 28.7 Å². The van der Waals surface area contributed by atoms with Gasteiger partial charge in [0.2, 0.25) is 0 Å². The molecular formula is C13H15ClFN7O. The van der Waals surface area contributed by atoms with Crippen molar-refractivity contribution in [3.63, 3.8) is 0 Å². The number of guanidine groups is 1. The number of nitrogens with zero attached hydrogens (tertiary/aromatic N) is 4. The quantitative estimate of drug-likeness (QED) is 0.557. The van der Waals surface area contributed by atoms with Gasteiger partial charge in [-0.05, 0) is 30.3 Å². The number of nitrogens with one attached hydrogen (secondary N) is 1. The lowest BCUT2D eigenvalue weighted by molar-refractivity contribution is 0.302. The van der Waals surface area contributed by atoms with Crippen LogP contribution in [0.4, 0.5) is 10.1 Å². The van der Waals surface area contributed by atoms with Crippen molar-refractivity contribution in [1.29, 1.82) is 0 Å². The number of amidine groups is 1. The third-order valence-corrected chi connectivity index (χ3v) is 3.00. The topological polar surface area (TPSA) is 128 Å². The molecule has 0 radical (unpaired) electrons. The summed E-state index contributed by atoms with van der Waals surface area (Å²) in [6, 6.07) is 3.97. The van der Waals surface area contributed by atoms with E-state index in [1.165, 1.54) is 18.2 Å². The zero-order valence-electron chi connectivity index (χ0n) is 12.3. The summed E-state index contributed by atoms with van der Waals surface area (Å²) in [7, 11) is 0. The first-order valence-electron chi connectivity index (χ1n) is 6.66. The van der Waals surface area contributed by atoms with E-state index in [-0.39, 0.29) is 29.1 Å². The fraction of sp³-hybridized carbons (Fsp3) is 0.231. The van der Waals surface area contributed by atoms with E-state index < -0.39 is 5.82 Å². The van der Waals surface area contributed by atoms with Crippen molar-refractivity contribution in [3.8, 4) is 0 Å². The first-order chi connectivity index (χ1) is 11.0. The average molecular weight is 340 g/mol. The van der Waals surface area contributed by atoms with E-state index >= 15 is 0 Å². The first-order valence-corrected chi connectivity index (χ1v) is 7.03. The van der Waals surface area contributed by atoms with Crippen molar-refractivity contribution in [2.45, 2.75) is 13.5 Å². The van der Waals surface area contributed by atoms with Crippen LogP contribution in [0.25, 0.3) is 0 Å². The Labute approximate surface area is 136 Å². The molecule has 0 aliphatic heterocycles. The summed E-state index contributed by atoms with van der Waals surface area (Å²) < 4.78 is 17.8. The molecule has 0 saturated carbocycles. The molecule has 0 amide bonds. The van der Waals surface area contributed by atoms with Crippen LogP contribution in [0.2, 0.25) is 5.02 Å². The van der Waals surface area contributed by atoms with Gasteiger partial charge in [0.15, 0.2) is 17.5 Å². The predicted octanol–water partition coefficient (Wildman–Crippen LogP) is 1.32. The molecule has 1 heterocycles. The molecule has 1 aromatic carbocycles. The number of benzene rings is 1. The number of aromatic nitrogens is 2. The van der Waals surface area contributed by atoms with Crippen LogP contribution < -0.4 is 16.8 Å². The van der Waals surface area contributed by atoms with Gasteiger partial charge >= 0.3 is 0 Å². The van der Waals surface area contributed by atoms with Gasteiger partial charge in [0.25, 0.3) is 0 Å². The maximum absolute atomic E-state index is 13.1. The first kappa shape index (κ1) is 16.7. The fourth-order valence-electron chi connectivity index (χ4n) is 1.65. The number of halogens is 2. The highest BCUT2D eigenvalue weighted by molar-refractivity contribution is 6.31. The predicted molar refractivity (Wildman–Crippen MR) is 85.1 cm³/mol. The Kier molecular flexibility index (Phi) is 5.47. The molecule has 23 heavy (non-hydrogen) atoms. The zero-order valence-corrected chi connectivity index (χ0v) is 13.0. The van der Waals surface area contributed by atoms with E-state index in [1.807, 2.05) is 6.92 Å². The Morgan fingerprint density at radius 3 is 2.87 bits per heavy atom. The van der Waals surface area contributed by atoms with Crippen LogP contribution in [0.5, 0.6) is 0 Å². The SMILES string of the molecule is CCNC(N)=NCc1nonc1C(N)=Nc1ccc(F)c(Cl)c1. The summed E-state index contributed by atoms with van der Waals surface area (Å²) in [4.78, 5) is 8.18. The lowest BCUT2D eigenvalue weighted by Crippen LogP contribution is -2.31. The van der Waals surface area contributed by atoms with Crippen LogP contribution in [0.1, 0.15) is 18.3 Å². The molecule has 2 rings (SSSR count). The van der Waals surface area contributed by atoms with Gasteiger partial charge < -0.3 is 16.8 Å². The lowest BCUT2D eigenvalue weighted by atomic mass is 10.3. The van der Waals surface area contributed by atoms with E-state index in [4.69, 9.17) is 23.1 Å². The second kappa shape index (κ2) is 7.54. The molecule has 122 valence electrons. The molecule has 0 bridgehead atoms. The zero-order chi connectivity index (χ0) is 16.8. The van der Waals surface area contributed by atoms with E-state index in [2.05, 4.69) is 30.2 Å². The summed E-state index contributed by atoms with van der Waals surface area (Å²) in [5.74, 6) is -0.232. The van der Waals surface area contributed by atoms with Crippen LogP contribution in [0, 0.1) is 5.82 Å². The molecule has 5 N–H and O–H groups in total. The smallest absolute Gasteiger partial charge is 0.188 e. The standard InChI is InChI=1S/C13H15ClFN7O/c1-2-18-13(17)19-6-10-11(22-23-21-10)12(16)20-7-3-4-9(15)8(14)5-7/h3-5H,2,6H2,1H3,(H2,16,20)(H3,17,18,19). The molecule has 0 unspecified atom stereocenters. The molecule has 2 aromatic rings. The summed E-state index contributed by atoms with van der Waals surface area (Å²) in [5, 5.41) is 10.2. The number of hydrogen-bond donors (Lipinski definition) is 3. The maximum atomic E-state index is 13.1. The number of nitrogens with two attached hydrogens (primary N) is 2. The van der Waals surface area contributed by atoms with Crippen LogP contribution >= 0.6 is 11.6 Å². The van der Waals surface area contributed by atoms with Crippen LogP contribution in [-0.2, 0) is 6.54 Å². The molecule has 0 fully saturated rings. The van der Waals surface area contributed by atoms with Gasteiger partial charge in [-0.25, -0.2) is 19.0 Å². The molecule has 0 atom stereocenters. The molecular weight excluding hydrogens is 325 g/mol. The van der Waals surface area contributed by atoms with Crippen LogP contribution in [0.3, 0.4) is 0 Å². The summed E-state index contributed by atoms with van der Waals surface area (Å²) in [6.45, 7) is 2.66. The van der Waals surface area contributed by atoms with Crippen molar-refractivity contribution in [3.05, 3.63) is 40.4 Å². The fourth-order valence-corrected chi connectivity index (χ4v) is 1.82. The summed E-state index contributed by atoms with van der Waals surface area (Å²) in [5.41, 5.74) is 12.5. The van der Waals surface area contributed by atoms with E-state index in [9.17, 15) is 4.39 Å². The van der Waals surface area contributed by atoms with E-state index in [0.717, 1.165) is 0 Å². The Hall–Kier alpha value is -2.68. The Balaban J connectivity index is 2.21. The van der Waals surface area contributed by atoms with E-state index in [0.29, 0.717) is 17.9 Å². The third-order valence-electron chi connectivity index (χ3n) is 2.71. The van der Waals surface area contributed by atoms with Gasteiger partial charge in [-0.1, -0.05) is 16.8 Å². The van der Waals surface area contributed by atoms with Crippen molar-refractivity contribution in [1.82, 2.24) is 15.6 Å². The highest BCUT2D eigenvalue weighted by Gasteiger charge is 2.14. The Morgan fingerprint density at radius 2 is 2.17 bits per heavy atom. The molecule has 0 spiro atoms. The third kappa shape index (κ3) is 4.39. The van der Waals surface area contributed by atoms with E-state index in [1.54, 1.807) is 0 Å². The van der Waals surface area contributed by atoms with Gasteiger partial charge in [-0.3, -0.25) is 0 Å². The largest absolute Gasteiger partial charge is 0.382 e. The van der Waals surface area contributed by atoms with Crippen molar-refractivity contribution in [2.75, 3.05) is 6.54 Å². The highest BCUT2D eigenvalue weighted by atomic mass is 35.5. The monoisotopic (exact) mass is 339 g/mol. The molecule has 0 aliphatic carbocycles. The van der Waals surface area contributed by atoms with Crippen molar-refractivity contribution in [2.24, 2.45) is 21.5 Å². The van der Waals surface area contributed by atoms with Crippen molar-refractivity contribution < 1.29 is 9.02 Å². The van der Waals surface area contributed by atoms with Crippen molar-refractivity contribution >= 4 is 29.1 Å². The van der Waals surface area contributed by atoms with Gasteiger partial charge in [0, 0.05) is 6.54 Å². The lowest BCUT2D eigenvalue weighted by Gasteiger charge is -2.01. The van der Waals surface area contributed by atoms with Gasteiger partial charge in [0.05, 0.1) is 17.3 Å². The number of rotatable bonds is 5. The minimum atomic E-state index is -0.541. The number of aliphatic imine (C=N–C) groups is 2. The van der Waals surface area contributed by atoms with Crippen LogP contribution in [0.15, 0.2) is 32.8 Å². The average Bonchev–Trinajstić information content (AvgIpc) is 2.98. The van der Waals surface area contributed by atoms with Gasteiger partial charge in [0.1, 0.15) is 11.5 Å². The maximum Gasteiger partial charge on any atom is 0.188 e. The highest BCUT2D eigenvalue weighted by Crippen LogP contribution is 2.22. The van der Waals surface area contributed by atoms with Gasteiger partial charge in [-0.2, -0.15) is 0 Å². The molecule has 1 aromatic heterocycles. The second-order valence-corrected chi connectivity index (χ2v) is 4.79. The molecule has 0 aliphatic rings. The summed E-state index contributed by atoms with van der Waals surface area (Å²) in [6.07, 6.45) is 0. The Bertz CT molecular complexity index is 744. The summed E-state index contributed by atoms with van der Waals surface area (Å²) >= 11 is 5.70. The molecule has 10 heteroatoms. The normalized spacial score (nSPS) is 12.5. The van der Waals surface area contributed by atoms with Gasteiger partial charge in [-0.15, -0.1) is 0 Å². The second-order valence-electron chi connectivity index (χ2n) is 4.39. The molecule has 8 nitrogen and oxygen atoms in total. The minimum absolute atomic E-state index is 0.0427. The molecule has 0 saturated heterocycles.